The monoisotopic (exact) mass is 546 g/mol. The van der Waals surface area contributed by atoms with Crippen molar-refractivity contribution < 1.29 is 36.7 Å². The van der Waals surface area contributed by atoms with Gasteiger partial charge in [0.05, 0.1) is 52.9 Å². The first-order valence-corrected chi connectivity index (χ1v) is 13.9. The largest absolute Gasteiger partial charge is 0.490 e. The lowest BCUT2D eigenvalue weighted by atomic mass is 10.2. The summed E-state index contributed by atoms with van der Waals surface area (Å²) < 4.78 is 50.6. The molecule has 0 unspecified atom stereocenters. The highest BCUT2D eigenvalue weighted by Gasteiger charge is 2.20. The fraction of sp³-hybridized carbons (Fsp3) is 0.379. The number of benzene rings is 3. The van der Waals surface area contributed by atoms with Crippen molar-refractivity contribution in [1.29, 1.82) is 0 Å². The fourth-order valence-electron chi connectivity index (χ4n) is 3.18. The van der Waals surface area contributed by atoms with Gasteiger partial charge in [-0.3, -0.25) is 4.18 Å². The van der Waals surface area contributed by atoms with E-state index in [0.717, 1.165) is 16.7 Å². The Balaban J connectivity index is 0.000000308. The first-order chi connectivity index (χ1) is 18.5. The molecule has 0 amide bonds. The van der Waals surface area contributed by atoms with Crippen molar-refractivity contribution in [3.63, 3.8) is 0 Å². The molecule has 3 aromatic carbocycles. The maximum atomic E-state index is 12.1. The number of rotatable bonds is 16. The van der Waals surface area contributed by atoms with Crippen molar-refractivity contribution in [2.24, 2.45) is 0 Å². The summed E-state index contributed by atoms with van der Waals surface area (Å²) in [6, 6.07) is 24.7. The summed E-state index contributed by atoms with van der Waals surface area (Å²) in [5, 5.41) is 8.43. The van der Waals surface area contributed by atoms with Gasteiger partial charge in [0, 0.05) is 0 Å². The SMILES string of the molecule is CCOS(=O)(=O)c1ccc(C)cc1OCCOCc1ccccc1.OCCOCCOCc1ccccc1. The van der Waals surface area contributed by atoms with Crippen LogP contribution < -0.4 is 4.74 Å². The van der Waals surface area contributed by atoms with Gasteiger partial charge in [-0.25, -0.2) is 0 Å². The Hall–Kier alpha value is -2.79. The molecule has 0 radical (unpaired) electrons. The van der Waals surface area contributed by atoms with Crippen LogP contribution in [0.3, 0.4) is 0 Å². The molecule has 0 spiro atoms. The summed E-state index contributed by atoms with van der Waals surface area (Å²) in [6.07, 6.45) is 0. The van der Waals surface area contributed by atoms with Crippen LogP contribution in [-0.4, -0.2) is 59.8 Å². The molecule has 0 atom stereocenters. The maximum absolute atomic E-state index is 12.1. The first kappa shape index (κ1) is 31.4. The topological polar surface area (TPSA) is 101 Å². The van der Waals surface area contributed by atoms with Gasteiger partial charge < -0.3 is 24.1 Å². The molecule has 8 nitrogen and oxygen atoms in total. The molecule has 0 aliphatic rings. The molecule has 38 heavy (non-hydrogen) atoms. The summed E-state index contributed by atoms with van der Waals surface area (Å²) in [5.74, 6) is 0.284. The minimum absolute atomic E-state index is 0.0398. The van der Waals surface area contributed by atoms with Crippen LogP contribution >= 0.6 is 0 Å². The van der Waals surface area contributed by atoms with E-state index >= 15 is 0 Å². The molecule has 1 N–H and O–H groups in total. The number of aliphatic hydroxyl groups excluding tert-OH is 1. The Labute approximate surface area is 226 Å². The van der Waals surface area contributed by atoms with Crippen molar-refractivity contribution in [2.75, 3.05) is 46.2 Å². The Morgan fingerprint density at radius 2 is 1.26 bits per heavy atom. The molecule has 0 saturated carbocycles. The van der Waals surface area contributed by atoms with E-state index in [9.17, 15) is 8.42 Å². The van der Waals surface area contributed by atoms with E-state index in [1.165, 1.54) is 6.07 Å². The van der Waals surface area contributed by atoms with Crippen molar-refractivity contribution in [3.8, 4) is 5.75 Å². The van der Waals surface area contributed by atoms with E-state index in [4.69, 9.17) is 28.2 Å². The van der Waals surface area contributed by atoms with Gasteiger partial charge in [-0.05, 0) is 42.7 Å². The average Bonchev–Trinajstić information content (AvgIpc) is 2.92. The zero-order chi connectivity index (χ0) is 27.5. The van der Waals surface area contributed by atoms with Crippen LogP contribution in [0.15, 0.2) is 83.8 Å². The average molecular weight is 547 g/mol. The quantitative estimate of drug-likeness (QED) is 0.207. The summed E-state index contributed by atoms with van der Waals surface area (Å²) in [5.41, 5.74) is 3.15. The van der Waals surface area contributed by atoms with Crippen molar-refractivity contribution >= 4 is 10.1 Å². The molecule has 0 aromatic heterocycles. The zero-order valence-corrected chi connectivity index (χ0v) is 22.9. The van der Waals surface area contributed by atoms with Crippen LogP contribution in [0, 0.1) is 6.92 Å². The van der Waals surface area contributed by atoms with E-state index < -0.39 is 10.1 Å². The highest BCUT2D eigenvalue weighted by Crippen LogP contribution is 2.26. The summed E-state index contributed by atoms with van der Waals surface area (Å²) >= 11 is 0. The predicted molar refractivity (Wildman–Crippen MR) is 146 cm³/mol. The molecule has 0 aliphatic heterocycles. The minimum Gasteiger partial charge on any atom is -0.490 e. The number of hydrogen-bond acceptors (Lipinski definition) is 8. The zero-order valence-electron chi connectivity index (χ0n) is 22.1. The van der Waals surface area contributed by atoms with Crippen LogP contribution in [0.1, 0.15) is 23.6 Å². The van der Waals surface area contributed by atoms with Crippen LogP contribution in [-0.2, 0) is 41.7 Å². The smallest absolute Gasteiger partial charge is 0.300 e. The molecule has 0 saturated heterocycles. The number of aryl methyl sites for hydroxylation is 1. The highest BCUT2D eigenvalue weighted by molar-refractivity contribution is 7.86. The second-order valence-corrected chi connectivity index (χ2v) is 9.66. The molecule has 208 valence electrons. The summed E-state index contributed by atoms with van der Waals surface area (Å²) in [7, 11) is -3.81. The molecule has 9 heteroatoms. The van der Waals surface area contributed by atoms with E-state index in [-0.39, 0.29) is 30.5 Å². The van der Waals surface area contributed by atoms with Gasteiger partial charge >= 0.3 is 10.1 Å². The van der Waals surface area contributed by atoms with E-state index in [1.807, 2.05) is 67.6 Å². The molecular formula is C29H38O8S. The van der Waals surface area contributed by atoms with Gasteiger partial charge in [-0.15, -0.1) is 0 Å². The number of hydrogen-bond donors (Lipinski definition) is 1. The normalized spacial score (nSPS) is 11.0. The van der Waals surface area contributed by atoms with Gasteiger partial charge in [0.15, 0.2) is 0 Å². The standard InChI is InChI=1S/C18H22O5S.C11H16O3/c1-3-23-24(19,20)18-10-9-15(2)13-17(18)22-12-11-21-14-16-7-5-4-6-8-16;12-6-7-13-8-9-14-10-11-4-2-1-3-5-11/h4-10,13H,3,11-12,14H2,1-2H3;1-5,12H,6-10H2. The molecule has 0 bridgehead atoms. The Morgan fingerprint density at radius 1 is 0.711 bits per heavy atom. The molecular weight excluding hydrogens is 508 g/mol. The van der Waals surface area contributed by atoms with Crippen molar-refractivity contribution in [1.82, 2.24) is 0 Å². The summed E-state index contributed by atoms with van der Waals surface area (Å²) in [4.78, 5) is 0.0398. The molecule has 3 rings (SSSR count). The van der Waals surface area contributed by atoms with Crippen molar-refractivity contribution in [2.45, 2.75) is 32.0 Å². The van der Waals surface area contributed by atoms with Crippen molar-refractivity contribution in [3.05, 3.63) is 95.6 Å². The van der Waals surface area contributed by atoms with Gasteiger partial charge in [0.1, 0.15) is 17.3 Å². The first-order valence-electron chi connectivity index (χ1n) is 12.5. The Morgan fingerprint density at radius 3 is 1.82 bits per heavy atom. The van der Waals surface area contributed by atoms with Crippen LogP contribution in [0.25, 0.3) is 0 Å². The lowest BCUT2D eigenvalue weighted by Gasteiger charge is -2.12. The second-order valence-electron chi connectivity index (χ2n) is 8.07. The van der Waals surface area contributed by atoms with Crippen LogP contribution in [0.2, 0.25) is 0 Å². The van der Waals surface area contributed by atoms with Crippen LogP contribution in [0.4, 0.5) is 0 Å². The molecule has 3 aromatic rings. The Kier molecular flexibility index (Phi) is 15.3. The molecule has 0 aliphatic carbocycles. The number of aliphatic hydroxyl groups is 1. The van der Waals surface area contributed by atoms with Gasteiger partial charge in [0.25, 0.3) is 0 Å². The Bertz CT molecular complexity index is 1120. The maximum Gasteiger partial charge on any atom is 0.300 e. The molecule has 0 fully saturated rings. The second kappa shape index (κ2) is 18.5. The van der Waals surface area contributed by atoms with E-state index in [2.05, 4.69) is 0 Å². The minimum atomic E-state index is -3.81. The predicted octanol–water partition coefficient (Wildman–Crippen LogP) is 4.53. The third-order valence-electron chi connectivity index (χ3n) is 4.96. The third-order valence-corrected chi connectivity index (χ3v) is 6.38. The highest BCUT2D eigenvalue weighted by atomic mass is 32.2. The fourth-order valence-corrected chi connectivity index (χ4v) is 4.21. The van der Waals surface area contributed by atoms with Gasteiger partial charge in [0.2, 0.25) is 0 Å². The van der Waals surface area contributed by atoms with E-state index in [0.29, 0.717) is 39.6 Å². The van der Waals surface area contributed by atoms with Crippen LogP contribution in [0.5, 0.6) is 5.75 Å². The lowest BCUT2D eigenvalue weighted by Crippen LogP contribution is -2.12. The number of ether oxygens (including phenoxy) is 4. The molecule has 0 heterocycles. The lowest BCUT2D eigenvalue weighted by molar-refractivity contribution is 0.0274. The third kappa shape index (κ3) is 12.6. The van der Waals surface area contributed by atoms with E-state index in [1.54, 1.807) is 19.1 Å². The van der Waals surface area contributed by atoms with Gasteiger partial charge in [-0.1, -0.05) is 66.7 Å². The summed E-state index contributed by atoms with van der Waals surface area (Å²) in [6.45, 7) is 6.85. The van der Waals surface area contributed by atoms with Gasteiger partial charge in [-0.2, -0.15) is 8.42 Å².